The third-order valence-corrected chi connectivity index (χ3v) is 2.42. The van der Waals surface area contributed by atoms with Crippen LogP contribution in [0.1, 0.15) is 40.0 Å². The molecular weight excluding hydrogens is 192 g/mol. The Bertz CT molecular complexity index is 157. The molecule has 90 valence electrons. The van der Waals surface area contributed by atoms with Crippen LogP contribution in [-0.4, -0.2) is 32.2 Å². The number of unbranched alkanes of at least 4 members (excludes halogenated alkanes) is 1. The summed E-state index contributed by atoms with van der Waals surface area (Å²) in [7, 11) is 0. The van der Waals surface area contributed by atoms with Gasteiger partial charge in [0.1, 0.15) is 6.61 Å². The van der Waals surface area contributed by atoms with Crippen LogP contribution >= 0.6 is 0 Å². The first kappa shape index (κ1) is 14.6. The fourth-order valence-corrected chi connectivity index (χ4v) is 1.01. The first-order valence-electron chi connectivity index (χ1n) is 5.90. The molecule has 1 atom stereocenters. The maximum atomic E-state index is 11.3. The van der Waals surface area contributed by atoms with Gasteiger partial charge in [-0.15, -0.1) is 0 Å². The second-order valence-corrected chi connectivity index (χ2v) is 3.79. The fourth-order valence-electron chi connectivity index (χ4n) is 1.01. The number of hydrogen-bond acceptors (Lipinski definition) is 3. The lowest BCUT2D eigenvalue weighted by Crippen LogP contribution is -2.18. The molecule has 0 fully saturated rings. The Labute approximate surface area is 93.1 Å². The molecule has 1 unspecified atom stereocenters. The van der Waals surface area contributed by atoms with Gasteiger partial charge < -0.3 is 9.47 Å². The second kappa shape index (κ2) is 10.1. The standard InChI is InChI=1S/C12H24O3/c1-4-6-7-14-8-9-15-10-12(13)11(3)5-2/h11H,4-10H2,1-3H3. The third-order valence-electron chi connectivity index (χ3n) is 2.42. The molecule has 0 saturated heterocycles. The SMILES string of the molecule is CCCCOCCOCC(=O)C(C)CC. The topological polar surface area (TPSA) is 35.5 Å². The lowest BCUT2D eigenvalue weighted by atomic mass is 10.1. The molecule has 0 rings (SSSR count). The van der Waals surface area contributed by atoms with Crippen LogP contribution in [0.5, 0.6) is 0 Å². The molecule has 0 aromatic carbocycles. The van der Waals surface area contributed by atoms with Gasteiger partial charge in [0.05, 0.1) is 13.2 Å². The summed E-state index contributed by atoms with van der Waals surface area (Å²) in [6.07, 6.45) is 3.12. The predicted octanol–water partition coefficient (Wildman–Crippen LogP) is 2.43. The molecule has 0 aromatic heterocycles. The fraction of sp³-hybridized carbons (Fsp3) is 0.917. The van der Waals surface area contributed by atoms with Crippen LogP contribution in [0.25, 0.3) is 0 Å². The summed E-state index contributed by atoms with van der Waals surface area (Å²) < 4.78 is 10.5. The zero-order valence-corrected chi connectivity index (χ0v) is 10.3. The molecule has 0 N–H and O–H groups in total. The van der Waals surface area contributed by atoms with E-state index in [2.05, 4.69) is 6.92 Å². The van der Waals surface area contributed by atoms with Crippen LogP contribution in [0.3, 0.4) is 0 Å². The van der Waals surface area contributed by atoms with Crippen LogP contribution < -0.4 is 0 Å². The molecule has 3 nitrogen and oxygen atoms in total. The van der Waals surface area contributed by atoms with Gasteiger partial charge >= 0.3 is 0 Å². The number of ether oxygens (including phenoxy) is 2. The van der Waals surface area contributed by atoms with E-state index in [0.29, 0.717) is 13.2 Å². The zero-order valence-electron chi connectivity index (χ0n) is 10.3. The summed E-state index contributed by atoms with van der Waals surface area (Å²) in [4.78, 5) is 11.3. The maximum Gasteiger partial charge on any atom is 0.161 e. The number of rotatable bonds is 10. The Morgan fingerprint density at radius 2 is 1.80 bits per heavy atom. The molecule has 0 heterocycles. The largest absolute Gasteiger partial charge is 0.379 e. The molecule has 0 saturated carbocycles. The van der Waals surface area contributed by atoms with Crippen molar-refractivity contribution < 1.29 is 14.3 Å². The monoisotopic (exact) mass is 216 g/mol. The van der Waals surface area contributed by atoms with Crippen molar-refractivity contribution in [2.75, 3.05) is 26.4 Å². The Hall–Kier alpha value is -0.410. The summed E-state index contributed by atoms with van der Waals surface area (Å²) in [5.74, 6) is 0.303. The van der Waals surface area contributed by atoms with Crippen molar-refractivity contribution in [2.24, 2.45) is 5.92 Å². The molecule has 0 spiro atoms. The summed E-state index contributed by atoms with van der Waals surface area (Å²) in [5.41, 5.74) is 0. The molecule has 3 heteroatoms. The van der Waals surface area contributed by atoms with E-state index in [4.69, 9.17) is 9.47 Å². The highest BCUT2D eigenvalue weighted by Crippen LogP contribution is 2.01. The molecule has 15 heavy (non-hydrogen) atoms. The van der Waals surface area contributed by atoms with Crippen LogP contribution in [0.2, 0.25) is 0 Å². The van der Waals surface area contributed by atoms with Gasteiger partial charge in [-0.05, 0) is 12.8 Å². The van der Waals surface area contributed by atoms with Crippen molar-refractivity contribution in [2.45, 2.75) is 40.0 Å². The summed E-state index contributed by atoms with van der Waals surface area (Å²) in [5, 5.41) is 0. The minimum absolute atomic E-state index is 0.117. The lowest BCUT2D eigenvalue weighted by Gasteiger charge is -2.08. The number of Topliss-reactive ketones (excluding diaryl/α,β-unsaturated/α-hetero) is 1. The van der Waals surface area contributed by atoms with Crippen molar-refractivity contribution in [3.8, 4) is 0 Å². The molecular formula is C12H24O3. The number of hydrogen-bond donors (Lipinski definition) is 0. The van der Waals surface area contributed by atoms with Crippen LogP contribution in [-0.2, 0) is 14.3 Å². The average molecular weight is 216 g/mol. The van der Waals surface area contributed by atoms with E-state index in [-0.39, 0.29) is 18.3 Å². The molecule has 0 bridgehead atoms. The number of carbonyl (C=O) groups is 1. The van der Waals surface area contributed by atoms with Crippen LogP contribution in [0.4, 0.5) is 0 Å². The maximum absolute atomic E-state index is 11.3. The van der Waals surface area contributed by atoms with Crippen LogP contribution in [0.15, 0.2) is 0 Å². The number of ketones is 1. The Morgan fingerprint density at radius 1 is 1.13 bits per heavy atom. The summed E-state index contributed by atoms with van der Waals surface area (Å²) in [6.45, 7) is 8.20. The minimum atomic E-state index is 0.117. The van der Waals surface area contributed by atoms with Crippen molar-refractivity contribution in [1.82, 2.24) is 0 Å². The van der Waals surface area contributed by atoms with Gasteiger partial charge in [0.15, 0.2) is 5.78 Å². The average Bonchev–Trinajstić information content (AvgIpc) is 2.26. The highest BCUT2D eigenvalue weighted by molar-refractivity contribution is 5.81. The highest BCUT2D eigenvalue weighted by Gasteiger charge is 2.09. The third kappa shape index (κ3) is 8.58. The van der Waals surface area contributed by atoms with Crippen molar-refractivity contribution >= 4 is 5.78 Å². The van der Waals surface area contributed by atoms with Gasteiger partial charge in [0.2, 0.25) is 0 Å². The van der Waals surface area contributed by atoms with Gasteiger partial charge in [-0.1, -0.05) is 27.2 Å². The van der Waals surface area contributed by atoms with E-state index in [1.54, 1.807) is 0 Å². The highest BCUT2D eigenvalue weighted by atomic mass is 16.5. The Balaban J connectivity index is 3.20. The zero-order chi connectivity index (χ0) is 11.5. The van der Waals surface area contributed by atoms with Crippen molar-refractivity contribution in [3.63, 3.8) is 0 Å². The predicted molar refractivity (Wildman–Crippen MR) is 61.0 cm³/mol. The van der Waals surface area contributed by atoms with E-state index in [9.17, 15) is 4.79 Å². The molecule has 0 aliphatic rings. The summed E-state index contributed by atoms with van der Waals surface area (Å²) in [6, 6.07) is 0. The second-order valence-electron chi connectivity index (χ2n) is 3.79. The van der Waals surface area contributed by atoms with Gasteiger partial charge in [0, 0.05) is 12.5 Å². The normalized spacial score (nSPS) is 12.7. The first-order chi connectivity index (χ1) is 7.22. The smallest absolute Gasteiger partial charge is 0.161 e. The Morgan fingerprint density at radius 3 is 2.40 bits per heavy atom. The van der Waals surface area contributed by atoms with E-state index in [1.807, 2.05) is 13.8 Å². The van der Waals surface area contributed by atoms with E-state index in [1.165, 1.54) is 0 Å². The van der Waals surface area contributed by atoms with E-state index in [0.717, 1.165) is 25.9 Å². The molecule has 0 aliphatic carbocycles. The van der Waals surface area contributed by atoms with Gasteiger partial charge in [-0.25, -0.2) is 0 Å². The van der Waals surface area contributed by atoms with Gasteiger partial charge in [-0.2, -0.15) is 0 Å². The molecule has 0 aromatic rings. The molecule has 0 amide bonds. The molecule has 0 aliphatic heterocycles. The number of carbonyl (C=O) groups excluding carboxylic acids is 1. The Kier molecular flexibility index (Phi) is 9.84. The first-order valence-corrected chi connectivity index (χ1v) is 5.90. The van der Waals surface area contributed by atoms with E-state index >= 15 is 0 Å². The van der Waals surface area contributed by atoms with Gasteiger partial charge in [0.25, 0.3) is 0 Å². The quantitative estimate of drug-likeness (QED) is 0.526. The van der Waals surface area contributed by atoms with Crippen molar-refractivity contribution in [3.05, 3.63) is 0 Å². The van der Waals surface area contributed by atoms with Crippen LogP contribution in [0, 0.1) is 5.92 Å². The lowest BCUT2D eigenvalue weighted by molar-refractivity contribution is -0.127. The van der Waals surface area contributed by atoms with E-state index < -0.39 is 0 Å². The summed E-state index contributed by atoms with van der Waals surface area (Å²) >= 11 is 0. The minimum Gasteiger partial charge on any atom is -0.379 e. The van der Waals surface area contributed by atoms with Gasteiger partial charge in [-0.3, -0.25) is 4.79 Å². The molecule has 0 radical (unpaired) electrons. The van der Waals surface area contributed by atoms with Crippen molar-refractivity contribution in [1.29, 1.82) is 0 Å².